The van der Waals surface area contributed by atoms with E-state index in [9.17, 15) is 4.79 Å². The Bertz CT molecular complexity index is 226. The third-order valence-corrected chi connectivity index (χ3v) is 3.08. The van der Waals surface area contributed by atoms with E-state index in [1.165, 1.54) is 4.90 Å². The highest BCUT2D eigenvalue weighted by Gasteiger charge is 2.18. The lowest BCUT2D eigenvalue weighted by Gasteiger charge is -2.26. The summed E-state index contributed by atoms with van der Waals surface area (Å²) in [5.41, 5.74) is 5.83. The van der Waals surface area contributed by atoms with E-state index >= 15 is 0 Å². The molecule has 0 radical (unpaired) electrons. The minimum absolute atomic E-state index is 0.0476. The molecule has 0 spiro atoms. The number of urea groups is 1. The molecule has 5 heteroatoms. The molecule has 3 N–H and O–H groups in total. The van der Waals surface area contributed by atoms with Crippen LogP contribution in [0.15, 0.2) is 0 Å². The van der Waals surface area contributed by atoms with Gasteiger partial charge in [0.1, 0.15) is 0 Å². The minimum atomic E-state index is -0.0476. The van der Waals surface area contributed by atoms with Gasteiger partial charge in [-0.15, -0.1) is 0 Å². The van der Waals surface area contributed by atoms with Gasteiger partial charge in [0.25, 0.3) is 0 Å². The van der Waals surface area contributed by atoms with Crippen LogP contribution >= 0.6 is 0 Å². The van der Waals surface area contributed by atoms with Crippen molar-refractivity contribution in [1.29, 1.82) is 0 Å². The van der Waals surface area contributed by atoms with Crippen LogP contribution in [0.4, 0.5) is 4.79 Å². The second-order valence-corrected chi connectivity index (χ2v) is 4.89. The van der Waals surface area contributed by atoms with E-state index in [-0.39, 0.29) is 6.03 Å². The first-order valence-electron chi connectivity index (χ1n) is 6.42. The SMILES string of the molecule is CN(C)C(=O)NCCCOC1CCC(N)CC1. The Morgan fingerprint density at radius 1 is 1.35 bits per heavy atom. The third kappa shape index (κ3) is 5.89. The van der Waals surface area contributed by atoms with E-state index in [4.69, 9.17) is 10.5 Å². The molecule has 0 unspecified atom stereocenters. The Kier molecular flexibility index (Phi) is 6.29. The number of ether oxygens (including phenoxy) is 1. The number of amides is 2. The molecule has 1 aliphatic rings. The number of nitrogens with zero attached hydrogens (tertiary/aromatic N) is 1. The fourth-order valence-corrected chi connectivity index (χ4v) is 1.93. The lowest BCUT2D eigenvalue weighted by molar-refractivity contribution is 0.0242. The molecule has 1 aliphatic carbocycles. The fourth-order valence-electron chi connectivity index (χ4n) is 1.93. The predicted octanol–water partition coefficient (Wildman–Crippen LogP) is 0.934. The number of hydrogen-bond acceptors (Lipinski definition) is 3. The molecule has 5 nitrogen and oxygen atoms in total. The number of carbonyl (C=O) groups is 1. The van der Waals surface area contributed by atoms with E-state index in [2.05, 4.69) is 5.32 Å². The largest absolute Gasteiger partial charge is 0.378 e. The van der Waals surface area contributed by atoms with Crippen LogP contribution in [0.3, 0.4) is 0 Å². The molecule has 1 saturated carbocycles. The third-order valence-electron chi connectivity index (χ3n) is 3.08. The van der Waals surface area contributed by atoms with Crippen LogP contribution in [0, 0.1) is 0 Å². The van der Waals surface area contributed by atoms with Crippen LogP contribution in [0.2, 0.25) is 0 Å². The molecule has 0 atom stereocenters. The molecule has 100 valence electrons. The zero-order valence-corrected chi connectivity index (χ0v) is 10.9. The van der Waals surface area contributed by atoms with Gasteiger partial charge >= 0.3 is 6.03 Å². The van der Waals surface area contributed by atoms with Crippen LogP contribution in [-0.2, 0) is 4.74 Å². The van der Waals surface area contributed by atoms with Crippen LogP contribution in [-0.4, -0.2) is 50.3 Å². The molecule has 0 aliphatic heterocycles. The summed E-state index contributed by atoms with van der Waals surface area (Å²) in [5, 5.41) is 2.81. The van der Waals surface area contributed by atoms with Gasteiger partial charge in [-0.1, -0.05) is 0 Å². The first-order valence-corrected chi connectivity index (χ1v) is 6.42. The van der Waals surface area contributed by atoms with Crippen LogP contribution in [0.5, 0.6) is 0 Å². The fraction of sp³-hybridized carbons (Fsp3) is 0.917. The van der Waals surface area contributed by atoms with E-state index in [0.717, 1.165) is 32.1 Å². The molecule has 2 amide bonds. The molecule has 1 rings (SSSR count). The molecular formula is C12H25N3O2. The Labute approximate surface area is 104 Å². The molecule has 0 heterocycles. The summed E-state index contributed by atoms with van der Waals surface area (Å²) < 4.78 is 5.75. The van der Waals surface area contributed by atoms with Crippen molar-refractivity contribution in [2.75, 3.05) is 27.2 Å². The highest BCUT2D eigenvalue weighted by atomic mass is 16.5. The van der Waals surface area contributed by atoms with Crippen LogP contribution in [0.25, 0.3) is 0 Å². The summed E-state index contributed by atoms with van der Waals surface area (Å²) in [4.78, 5) is 12.7. The number of rotatable bonds is 5. The summed E-state index contributed by atoms with van der Waals surface area (Å²) >= 11 is 0. The topological polar surface area (TPSA) is 67.6 Å². The van der Waals surface area contributed by atoms with Gasteiger partial charge in [0.15, 0.2) is 0 Å². The standard InChI is InChI=1S/C12H25N3O2/c1-15(2)12(16)14-8-3-9-17-11-6-4-10(13)5-7-11/h10-11H,3-9,13H2,1-2H3,(H,14,16). The maximum absolute atomic E-state index is 11.2. The molecule has 1 fully saturated rings. The van der Waals surface area contributed by atoms with Crippen molar-refractivity contribution in [1.82, 2.24) is 10.2 Å². The van der Waals surface area contributed by atoms with Crippen molar-refractivity contribution < 1.29 is 9.53 Å². The predicted molar refractivity (Wildman–Crippen MR) is 67.9 cm³/mol. The second kappa shape index (κ2) is 7.50. The molecule has 0 saturated heterocycles. The lowest BCUT2D eigenvalue weighted by Crippen LogP contribution is -2.35. The molecule has 0 bridgehead atoms. The van der Waals surface area contributed by atoms with Crippen LogP contribution in [0.1, 0.15) is 32.1 Å². The van der Waals surface area contributed by atoms with Gasteiger partial charge in [0.2, 0.25) is 0 Å². The highest BCUT2D eigenvalue weighted by molar-refractivity contribution is 5.73. The maximum Gasteiger partial charge on any atom is 0.316 e. The van der Waals surface area contributed by atoms with E-state index < -0.39 is 0 Å². The molecule has 17 heavy (non-hydrogen) atoms. The van der Waals surface area contributed by atoms with Crippen LogP contribution < -0.4 is 11.1 Å². The van der Waals surface area contributed by atoms with Crippen molar-refractivity contribution in [2.24, 2.45) is 5.73 Å². The van der Waals surface area contributed by atoms with Crippen molar-refractivity contribution in [3.05, 3.63) is 0 Å². The van der Waals surface area contributed by atoms with Crippen molar-refractivity contribution in [3.63, 3.8) is 0 Å². The Morgan fingerprint density at radius 3 is 2.59 bits per heavy atom. The maximum atomic E-state index is 11.2. The summed E-state index contributed by atoms with van der Waals surface area (Å²) in [6.07, 6.45) is 5.53. The Morgan fingerprint density at radius 2 is 2.00 bits per heavy atom. The van der Waals surface area contributed by atoms with E-state index in [1.807, 2.05) is 0 Å². The summed E-state index contributed by atoms with van der Waals surface area (Å²) in [7, 11) is 3.47. The van der Waals surface area contributed by atoms with Gasteiger partial charge in [-0.25, -0.2) is 4.79 Å². The summed E-state index contributed by atoms with van der Waals surface area (Å²) in [5.74, 6) is 0. The van der Waals surface area contributed by atoms with Crippen molar-refractivity contribution in [3.8, 4) is 0 Å². The van der Waals surface area contributed by atoms with Gasteiger partial charge < -0.3 is 20.7 Å². The van der Waals surface area contributed by atoms with Gasteiger partial charge in [0, 0.05) is 33.3 Å². The number of nitrogens with two attached hydrogens (primary N) is 1. The number of nitrogens with one attached hydrogen (secondary N) is 1. The molecular weight excluding hydrogens is 218 g/mol. The number of carbonyl (C=O) groups excluding carboxylic acids is 1. The van der Waals surface area contributed by atoms with Gasteiger partial charge in [-0.3, -0.25) is 0 Å². The zero-order valence-electron chi connectivity index (χ0n) is 10.9. The molecule has 0 aromatic heterocycles. The van der Waals surface area contributed by atoms with E-state index in [0.29, 0.717) is 25.3 Å². The van der Waals surface area contributed by atoms with E-state index in [1.54, 1.807) is 14.1 Å². The van der Waals surface area contributed by atoms with Gasteiger partial charge in [-0.05, 0) is 32.1 Å². The zero-order chi connectivity index (χ0) is 12.7. The quantitative estimate of drug-likeness (QED) is 0.706. The number of hydrogen-bond donors (Lipinski definition) is 2. The summed E-state index contributed by atoms with van der Waals surface area (Å²) in [6, 6.07) is 0.322. The first kappa shape index (κ1) is 14.3. The molecule has 0 aromatic rings. The minimum Gasteiger partial charge on any atom is -0.378 e. The monoisotopic (exact) mass is 243 g/mol. The van der Waals surface area contributed by atoms with Crippen molar-refractivity contribution in [2.45, 2.75) is 44.2 Å². The smallest absolute Gasteiger partial charge is 0.316 e. The normalized spacial score (nSPS) is 24.4. The first-order chi connectivity index (χ1) is 8.09. The Hall–Kier alpha value is -0.810. The lowest BCUT2D eigenvalue weighted by atomic mass is 9.94. The molecule has 0 aromatic carbocycles. The highest BCUT2D eigenvalue weighted by Crippen LogP contribution is 2.19. The second-order valence-electron chi connectivity index (χ2n) is 4.89. The van der Waals surface area contributed by atoms with Crippen molar-refractivity contribution >= 4 is 6.03 Å². The Balaban J connectivity index is 1.96. The van der Waals surface area contributed by atoms with Gasteiger partial charge in [-0.2, -0.15) is 0 Å². The average molecular weight is 243 g/mol. The average Bonchev–Trinajstić information content (AvgIpc) is 2.30. The van der Waals surface area contributed by atoms with Gasteiger partial charge in [0.05, 0.1) is 6.10 Å². The summed E-state index contributed by atoms with van der Waals surface area (Å²) in [6.45, 7) is 1.39.